The molecule has 0 aliphatic carbocycles. The van der Waals surface area contributed by atoms with E-state index in [1.165, 1.54) is 38.5 Å². The monoisotopic (exact) mass is 380 g/mol. The molecule has 4 rings (SSSR count). The number of nitrogens with one attached hydrogen (secondary N) is 1. The number of rotatable bonds is 5. The Morgan fingerprint density at radius 3 is 2.46 bits per heavy atom. The molecular formula is C23H32N4O. The van der Waals surface area contributed by atoms with Gasteiger partial charge >= 0.3 is 0 Å². The molecule has 3 heterocycles. The highest BCUT2D eigenvalue weighted by atomic mass is 16.1. The number of anilines is 2. The second kappa shape index (κ2) is 8.91. The van der Waals surface area contributed by atoms with Crippen LogP contribution in [0.1, 0.15) is 51.9 Å². The van der Waals surface area contributed by atoms with Gasteiger partial charge in [-0.2, -0.15) is 0 Å². The van der Waals surface area contributed by atoms with Crippen molar-refractivity contribution in [2.45, 2.75) is 57.9 Å². The lowest BCUT2D eigenvalue weighted by Gasteiger charge is -2.32. The number of benzene rings is 1. The highest BCUT2D eigenvalue weighted by Gasteiger charge is 2.20. The van der Waals surface area contributed by atoms with Gasteiger partial charge in [0, 0.05) is 37.0 Å². The Bertz CT molecular complexity index is 809. The van der Waals surface area contributed by atoms with Crippen LogP contribution in [0.2, 0.25) is 0 Å². The lowest BCUT2D eigenvalue weighted by molar-refractivity contribution is -0.117. The SMILES string of the molecule is CC(CC(=O)Nc1cc(N2CCCCC2)nc2ccccc12)N1CCCCC1. The van der Waals surface area contributed by atoms with Crippen LogP contribution in [0.25, 0.3) is 10.9 Å². The number of pyridine rings is 1. The molecule has 2 fully saturated rings. The largest absolute Gasteiger partial charge is 0.357 e. The molecule has 0 bridgehead atoms. The summed E-state index contributed by atoms with van der Waals surface area (Å²) in [6, 6.07) is 10.5. The Kier molecular flexibility index (Phi) is 6.10. The summed E-state index contributed by atoms with van der Waals surface area (Å²) in [5, 5.41) is 4.22. The number of fused-ring (bicyclic) bond motifs is 1. The molecule has 5 heteroatoms. The molecule has 1 atom stereocenters. The van der Waals surface area contributed by atoms with Crippen molar-refractivity contribution in [3.05, 3.63) is 30.3 Å². The van der Waals surface area contributed by atoms with E-state index >= 15 is 0 Å². The predicted molar refractivity (Wildman–Crippen MR) is 116 cm³/mol. The topological polar surface area (TPSA) is 48.5 Å². The van der Waals surface area contributed by atoms with E-state index in [-0.39, 0.29) is 11.9 Å². The van der Waals surface area contributed by atoms with Gasteiger partial charge in [-0.05, 0) is 58.2 Å². The minimum atomic E-state index is 0.0963. The Balaban J connectivity index is 1.52. The molecule has 0 spiro atoms. The molecule has 28 heavy (non-hydrogen) atoms. The van der Waals surface area contributed by atoms with E-state index in [1.807, 2.05) is 24.3 Å². The average Bonchev–Trinajstić information content (AvgIpc) is 2.75. The number of nitrogens with zero attached hydrogens (tertiary/aromatic N) is 3. The molecule has 1 N–H and O–H groups in total. The number of likely N-dealkylation sites (tertiary alicyclic amines) is 1. The molecule has 1 aromatic heterocycles. The first-order chi connectivity index (χ1) is 13.7. The number of amides is 1. The zero-order valence-electron chi connectivity index (χ0n) is 17.0. The summed E-state index contributed by atoms with van der Waals surface area (Å²) in [6.07, 6.45) is 8.07. The summed E-state index contributed by atoms with van der Waals surface area (Å²) in [7, 11) is 0. The third-order valence-electron chi connectivity index (χ3n) is 6.15. The summed E-state index contributed by atoms with van der Waals surface area (Å²) in [4.78, 5) is 22.5. The van der Waals surface area contributed by atoms with E-state index in [0.717, 1.165) is 48.6 Å². The predicted octanol–water partition coefficient (Wildman–Crippen LogP) is 4.43. The maximum Gasteiger partial charge on any atom is 0.225 e. The molecular weight excluding hydrogens is 348 g/mol. The van der Waals surface area contributed by atoms with E-state index < -0.39 is 0 Å². The summed E-state index contributed by atoms with van der Waals surface area (Å²) in [5.74, 6) is 1.08. The van der Waals surface area contributed by atoms with Crippen LogP contribution in [0.3, 0.4) is 0 Å². The molecule has 150 valence electrons. The molecule has 0 radical (unpaired) electrons. The molecule has 2 aromatic rings. The first kappa shape index (κ1) is 19.2. The Hall–Kier alpha value is -2.14. The van der Waals surface area contributed by atoms with Crippen molar-refractivity contribution in [1.82, 2.24) is 9.88 Å². The minimum Gasteiger partial charge on any atom is -0.357 e. The second-order valence-corrected chi connectivity index (χ2v) is 8.29. The molecule has 0 saturated carbocycles. The smallest absolute Gasteiger partial charge is 0.225 e. The van der Waals surface area contributed by atoms with Gasteiger partial charge in [0.2, 0.25) is 5.91 Å². The van der Waals surface area contributed by atoms with Crippen LogP contribution >= 0.6 is 0 Å². The number of para-hydroxylation sites is 1. The maximum atomic E-state index is 12.8. The highest BCUT2D eigenvalue weighted by molar-refractivity contribution is 6.02. The molecule has 2 aliphatic rings. The van der Waals surface area contributed by atoms with E-state index in [9.17, 15) is 4.79 Å². The lowest BCUT2D eigenvalue weighted by Crippen LogP contribution is -2.39. The van der Waals surface area contributed by atoms with Crippen molar-refractivity contribution in [3.63, 3.8) is 0 Å². The fourth-order valence-electron chi connectivity index (χ4n) is 4.51. The number of hydrogen-bond acceptors (Lipinski definition) is 4. The summed E-state index contributed by atoms with van der Waals surface area (Å²) in [6.45, 7) is 6.50. The highest BCUT2D eigenvalue weighted by Crippen LogP contribution is 2.29. The van der Waals surface area contributed by atoms with Crippen LogP contribution in [0.15, 0.2) is 30.3 Å². The van der Waals surface area contributed by atoms with E-state index in [2.05, 4.69) is 28.1 Å². The molecule has 1 aromatic carbocycles. The van der Waals surface area contributed by atoms with Gasteiger partial charge in [0.25, 0.3) is 0 Å². The van der Waals surface area contributed by atoms with Gasteiger partial charge in [-0.3, -0.25) is 4.79 Å². The Labute approximate surface area is 168 Å². The summed E-state index contributed by atoms with van der Waals surface area (Å²) in [5.41, 5.74) is 1.84. The summed E-state index contributed by atoms with van der Waals surface area (Å²) >= 11 is 0. The first-order valence-electron chi connectivity index (χ1n) is 10.9. The normalized spacial score (nSPS) is 19.5. The third kappa shape index (κ3) is 4.46. The zero-order valence-corrected chi connectivity index (χ0v) is 17.0. The molecule has 2 aliphatic heterocycles. The maximum absolute atomic E-state index is 12.8. The van der Waals surface area contributed by atoms with Crippen molar-refractivity contribution in [3.8, 4) is 0 Å². The quantitative estimate of drug-likeness (QED) is 0.834. The number of hydrogen-bond donors (Lipinski definition) is 1. The van der Waals surface area contributed by atoms with Gasteiger partial charge < -0.3 is 15.1 Å². The minimum absolute atomic E-state index is 0.0963. The van der Waals surface area contributed by atoms with Crippen LogP contribution in [-0.2, 0) is 4.79 Å². The van der Waals surface area contributed by atoms with E-state index in [1.54, 1.807) is 0 Å². The van der Waals surface area contributed by atoms with Crippen LogP contribution < -0.4 is 10.2 Å². The van der Waals surface area contributed by atoms with Crippen molar-refractivity contribution in [2.75, 3.05) is 36.4 Å². The second-order valence-electron chi connectivity index (χ2n) is 8.29. The Morgan fingerprint density at radius 1 is 1.04 bits per heavy atom. The molecule has 2 saturated heterocycles. The van der Waals surface area contributed by atoms with Crippen LogP contribution in [-0.4, -0.2) is 48.0 Å². The standard InChI is InChI=1S/C23H32N4O/c1-18(26-12-6-2-7-13-26)16-23(28)25-21-17-22(27-14-8-3-9-15-27)24-20-11-5-4-10-19(20)21/h4-5,10-11,17-18H,2-3,6-9,12-16H2,1H3,(H,24,25,28). The number of piperidine rings is 2. The van der Waals surface area contributed by atoms with Crippen LogP contribution in [0.5, 0.6) is 0 Å². The average molecular weight is 381 g/mol. The third-order valence-corrected chi connectivity index (χ3v) is 6.15. The van der Waals surface area contributed by atoms with Crippen molar-refractivity contribution in [2.24, 2.45) is 0 Å². The van der Waals surface area contributed by atoms with Gasteiger partial charge in [-0.1, -0.05) is 24.6 Å². The van der Waals surface area contributed by atoms with Crippen molar-refractivity contribution < 1.29 is 4.79 Å². The fraction of sp³-hybridized carbons (Fsp3) is 0.565. The number of aromatic nitrogens is 1. The van der Waals surface area contributed by atoms with Gasteiger partial charge in [-0.15, -0.1) is 0 Å². The summed E-state index contributed by atoms with van der Waals surface area (Å²) < 4.78 is 0. The van der Waals surface area contributed by atoms with Gasteiger partial charge in [0.15, 0.2) is 0 Å². The lowest BCUT2D eigenvalue weighted by atomic mass is 10.1. The van der Waals surface area contributed by atoms with Gasteiger partial charge in [-0.25, -0.2) is 4.98 Å². The number of carbonyl (C=O) groups excluding carboxylic acids is 1. The van der Waals surface area contributed by atoms with Crippen LogP contribution in [0, 0.1) is 0 Å². The molecule has 1 amide bonds. The van der Waals surface area contributed by atoms with E-state index in [4.69, 9.17) is 4.98 Å². The zero-order chi connectivity index (χ0) is 19.3. The van der Waals surface area contributed by atoms with Crippen molar-refractivity contribution >= 4 is 28.3 Å². The molecule has 1 unspecified atom stereocenters. The Morgan fingerprint density at radius 2 is 1.71 bits per heavy atom. The van der Waals surface area contributed by atoms with Gasteiger partial charge in [0.1, 0.15) is 5.82 Å². The fourth-order valence-corrected chi connectivity index (χ4v) is 4.51. The molecule has 5 nitrogen and oxygen atoms in total. The van der Waals surface area contributed by atoms with E-state index in [0.29, 0.717) is 6.42 Å². The van der Waals surface area contributed by atoms with Gasteiger partial charge in [0.05, 0.1) is 11.2 Å². The first-order valence-corrected chi connectivity index (χ1v) is 10.9. The van der Waals surface area contributed by atoms with Crippen LogP contribution in [0.4, 0.5) is 11.5 Å². The number of carbonyl (C=O) groups is 1. The van der Waals surface area contributed by atoms with Crippen molar-refractivity contribution in [1.29, 1.82) is 0 Å².